The van der Waals surface area contributed by atoms with Gasteiger partial charge in [0.25, 0.3) is 0 Å². The number of hydrogen-bond acceptors (Lipinski definition) is 4. The van der Waals surface area contributed by atoms with Crippen molar-refractivity contribution in [3.63, 3.8) is 0 Å². The van der Waals surface area contributed by atoms with E-state index in [1.165, 1.54) is 83.5 Å². The second kappa shape index (κ2) is 24.4. The normalized spacial score (nSPS) is 11.8. The lowest BCUT2D eigenvalue weighted by molar-refractivity contribution is -0.909. The Bertz CT molecular complexity index is 578. The van der Waals surface area contributed by atoms with Crippen LogP contribution in [0.15, 0.2) is 12.2 Å². The van der Waals surface area contributed by atoms with Crippen LogP contribution in [0.25, 0.3) is 0 Å². The van der Waals surface area contributed by atoms with Crippen molar-refractivity contribution in [2.24, 2.45) is 0 Å². The molecule has 216 valence electrons. The monoisotopic (exact) mass is 525 g/mol. The number of unbranched alkanes of at least 4 members (excludes halogenated alkanes) is 18. The molecular formula is C30H55NO6. The SMILES string of the molecule is CCCCCCCCCCCCCC/C=C/CCCCCCCC[N+](CC(=O)[O-])(CC(=O)O)CC(=O)O. The fourth-order valence-electron chi connectivity index (χ4n) is 5.01. The first-order valence-electron chi connectivity index (χ1n) is 14.9. The zero-order valence-corrected chi connectivity index (χ0v) is 23.6. The molecule has 0 bridgehead atoms. The number of aliphatic carboxylic acids is 3. The fraction of sp³-hybridized carbons (Fsp3) is 0.833. The minimum atomic E-state index is -1.42. The zero-order chi connectivity index (χ0) is 27.6. The van der Waals surface area contributed by atoms with Gasteiger partial charge in [0.1, 0.15) is 6.54 Å². The molecule has 0 heterocycles. The molecule has 0 rings (SSSR count). The van der Waals surface area contributed by atoms with Crippen LogP contribution >= 0.6 is 0 Å². The maximum Gasteiger partial charge on any atom is 0.359 e. The van der Waals surface area contributed by atoms with Gasteiger partial charge in [0.15, 0.2) is 13.1 Å². The highest BCUT2D eigenvalue weighted by atomic mass is 16.4. The van der Waals surface area contributed by atoms with E-state index in [-0.39, 0.29) is 6.54 Å². The van der Waals surface area contributed by atoms with Gasteiger partial charge in [-0.15, -0.1) is 0 Å². The van der Waals surface area contributed by atoms with Crippen LogP contribution in [-0.4, -0.2) is 58.8 Å². The largest absolute Gasteiger partial charge is 0.544 e. The highest BCUT2D eigenvalue weighted by Crippen LogP contribution is 2.15. The first-order chi connectivity index (χ1) is 17.8. The molecule has 7 heteroatoms. The summed E-state index contributed by atoms with van der Waals surface area (Å²) in [7, 11) is 0. The van der Waals surface area contributed by atoms with Crippen LogP contribution in [-0.2, 0) is 14.4 Å². The molecular weight excluding hydrogens is 470 g/mol. The lowest BCUT2D eigenvalue weighted by Gasteiger charge is -2.36. The summed E-state index contributed by atoms with van der Waals surface area (Å²) in [5.41, 5.74) is 0. The van der Waals surface area contributed by atoms with Crippen LogP contribution in [0.5, 0.6) is 0 Å². The lowest BCUT2D eigenvalue weighted by atomic mass is 10.0. The molecule has 0 spiro atoms. The Hall–Kier alpha value is -1.89. The molecule has 0 aliphatic carbocycles. The van der Waals surface area contributed by atoms with E-state index in [0.29, 0.717) is 6.42 Å². The van der Waals surface area contributed by atoms with Crippen molar-refractivity contribution in [1.29, 1.82) is 0 Å². The van der Waals surface area contributed by atoms with Crippen molar-refractivity contribution in [3.8, 4) is 0 Å². The average molecular weight is 526 g/mol. The summed E-state index contributed by atoms with van der Waals surface area (Å²) in [4.78, 5) is 33.4. The van der Waals surface area contributed by atoms with Gasteiger partial charge in [-0.1, -0.05) is 109 Å². The summed E-state index contributed by atoms with van der Waals surface area (Å²) in [5, 5.41) is 29.3. The van der Waals surface area contributed by atoms with Crippen molar-refractivity contribution in [1.82, 2.24) is 0 Å². The number of carbonyl (C=O) groups excluding carboxylic acids is 1. The number of allylic oxidation sites excluding steroid dienone is 2. The minimum Gasteiger partial charge on any atom is -0.544 e. The molecule has 0 saturated carbocycles. The summed E-state index contributed by atoms with van der Waals surface area (Å²) in [6, 6.07) is 0. The molecule has 0 amide bonds. The number of nitrogens with zero attached hydrogens (tertiary/aromatic N) is 1. The molecule has 0 aliphatic heterocycles. The van der Waals surface area contributed by atoms with Gasteiger partial charge in [0.05, 0.1) is 12.5 Å². The Balaban J connectivity index is 3.68. The molecule has 37 heavy (non-hydrogen) atoms. The van der Waals surface area contributed by atoms with Crippen LogP contribution in [0.4, 0.5) is 0 Å². The van der Waals surface area contributed by atoms with Crippen molar-refractivity contribution < 1.29 is 34.2 Å². The van der Waals surface area contributed by atoms with Gasteiger partial charge in [-0.05, 0) is 38.5 Å². The molecule has 0 atom stereocenters. The van der Waals surface area contributed by atoms with Crippen LogP contribution in [0.1, 0.15) is 135 Å². The Morgan fingerprint density at radius 1 is 0.568 bits per heavy atom. The molecule has 0 radical (unpaired) electrons. The highest BCUT2D eigenvalue weighted by molar-refractivity contribution is 5.72. The van der Waals surface area contributed by atoms with Crippen molar-refractivity contribution in [3.05, 3.63) is 12.2 Å². The van der Waals surface area contributed by atoms with E-state index in [2.05, 4.69) is 19.1 Å². The topological polar surface area (TPSA) is 115 Å². The van der Waals surface area contributed by atoms with Crippen LogP contribution in [0.3, 0.4) is 0 Å². The molecule has 7 nitrogen and oxygen atoms in total. The standard InChI is InChI=1S/C30H55NO6/c1-2-3-4-5-6-7-8-9-10-11-12-13-14-15-16-17-18-19-20-21-22-23-24-31(25-28(32)33,26-29(34)35)27-30(36)37/h15-16H,2-14,17-27H2,1H3,(H2-,32,33,34,35,36,37)/b16-15+. The van der Waals surface area contributed by atoms with Gasteiger partial charge in [-0.25, -0.2) is 9.59 Å². The van der Waals surface area contributed by atoms with E-state index in [4.69, 9.17) is 10.2 Å². The Kier molecular flexibility index (Phi) is 23.2. The second-order valence-electron chi connectivity index (χ2n) is 10.8. The van der Waals surface area contributed by atoms with Crippen LogP contribution < -0.4 is 5.11 Å². The Morgan fingerprint density at radius 3 is 1.27 bits per heavy atom. The predicted octanol–water partition coefficient (Wildman–Crippen LogP) is 6.10. The molecule has 0 fully saturated rings. The van der Waals surface area contributed by atoms with Gasteiger partial charge < -0.3 is 24.6 Å². The van der Waals surface area contributed by atoms with E-state index in [1.54, 1.807) is 0 Å². The van der Waals surface area contributed by atoms with Gasteiger partial charge in [-0.2, -0.15) is 0 Å². The summed E-state index contributed by atoms with van der Waals surface area (Å²) >= 11 is 0. The Morgan fingerprint density at radius 2 is 0.919 bits per heavy atom. The summed E-state index contributed by atoms with van der Waals surface area (Å²) in [5.74, 6) is -3.82. The number of rotatable bonds is 28. The number of quaternary nitrogens is 1. The number of carboxylic acids is 3. The molecule has 0 aromatic carbocycles. The Labute approximate surface area is 225 Å². The maximum absolute atomic E-state index is 11.2. The fourth-order valence-corrected chi connectivity index (χ4v) is 5.01. The van der Waals surface area contributed by atoms with Gasteiger partial charge in [0, 0.05) is 0 Å². The summed E-state index contributed by atoms with van der Waals surface area (Å²) in [6.07, 6.45) is 29.2. The molecule has 2 N–H and O–H groups in total. The van der Waals surface area contributed by atoms with Crippen molar-refractivity contribution in [2.75, 3.05) is 26.2 Å². The molecule has 0 aliphatic rings. The van der Waals surface area contributed by atoms with Crippen molar-refractivity contribution in [2.45, 2.75) is 135 Å². The van der Waals surface area contributed by atoms with Gasteiger partial charge >= 0.3 is 11.9 Å². The smallest absolute Gasteiger partial charge is 0.359 e. The van der Waals surface area contributed by atoms with E-state index in [0.717, 1.165) is 38.5 Å². The summed E-state index contributed by atoms with van der Waals surface area (Å²) in [6.45, 7) is 0.846. The van der Waals surface area contributed by atoms with E-state index >= 15 is 0 Å². The first kappa shape index (κ1) is 35.1. The first-order valence-corrected chi connectivity index (χ1v) is 14.9. The molecule has 0 aromatic rings. The maximum atomic E-state index is 11.2. The number of hydrogen-bond donors (Lipinski definition) is 2. The van der Waals surface area contributed by atoms with E-state index in [1.807, 2.05) is 0 Å². The number of carboxylic acid groups (broad SMARTS) is 3. The highest BCUT2D eigenvalue weighted by Gasteiger charge is 2.33. The predicted molar refractivity (Wildman–Crippen MR) is 147 cm³/mol. The van der Waals surface area contributed by atoms with E-state index in [9.17, 15) is 19.5 Å². The zero-order valence-electron chi connectivity index (χ0n) is 23.6. The molecule has 0 saturated heterocycles. The van der Waals surface area contributed by atoms with Gasteiger partial charge in [-0.3, -0.25) is 0 Å². The van der Waals surface area contributed by atoms with E-state index < -0.39 is 42.0 Å². The third-order valence-corrected chi connectivity index (χ3v) is 7.05. The third kappa shape index (κ3) is 24.2. The average Bonchev–Trinajstić information content (AvgIpc) is 2.81. The van der Waals surface area contributed by atoms with Crippen molar-refractivity contribution >= 4 is 17.9 Å². The van der Waals surface area contributed by atoms with Crippen LogP contribution in [0, 0.1) is 0 Å². The third-order valence-electron chi connectivity index (χ3n) is 7.05. The molecule has 0 unspecified atom stereocenters. The quantitative estimate of drug-likeness (QED) is 0.0724. The second-order valence-corrected chi connectivity index (χ2v) is 10.8. The minimum absolute atomic E-state index is 0.217. The lowest BCUT2D eigenvalue weighted by Crippen LogP contribution is -2.59. The number of carbonyl (C=O) groups is 3. The molecule has 0 aromatic heterocycles. The van der Waals surface area contributed by atoms with Crippen LogP contribution in [0.2, 0.25) is 0 Å². The summed E-state index contributed by atoms with van der Waals surface area (Å²) < 4.78 is -0.503. The van der Waals surface area contributed by atoms with Gasteiger partial charge in [0.2, 0.25) is 0 Å².